The van der Waals surface area contributed by atoms with Crippen LogP contribution in [0.5, 0.6) is 0 Å². The number of unbranched alkanes of at least 4 members (excludes halogenated alkanes) is 14. The third-order valence-electron chi connectivity index (χ3n) is 11.5. The molecule has 0 amide bonds. The van der Waals surface area contributed by atoms with Gasteiger partial charge in [0, 0.05) is 0 Å². The monoisotopic (exact) mass is 662 g/mol. The fourth-order valence-electron chi connectivity index (χ4n) is 8.06. The van der Waals surface area contributed by atoms with E-state index in [4.69, 9.17) is 0 Å². The molecule has 0 heterocycles. The SMILES string of the molecule is CCCCCCCC[B-](CCCCCCCC)(c1ccc(C)cc1)c1ccc(C)cc1.CCCC[N+](CCCC)(CCCC)CCCC. The van der Waals surface area contributed by atoms with Crippen molar-refractivity contribution in [3.8, 4) is 0 Å². The van der Waals surface area contributed by atoms with Crippen LogP contribution in [0.3, 0.4) is 0 Å². The first-order valence-electron chi connectivity index (χ1n) is 21.5. The van der Waals surface area contributed by atoms with Gasteiger partial charge in [-0.2, -0.15) is 12.6 Å². The Morgan fingerprint density at radius 3 is 0.917 bits per heavy atom. The van der Waals surface area contributed by atoms with Crippen molar-refractivity contribution < 1.29 is 4.48 Å². The van der Waals surface area contributed by atoms with Crippen molar-refractivity contribution in [2.45, 2.75) is 196 Å². The highest BCUT2D eigenvalue weighted by Gasteiger charge is 2.27. The highest BCUT2D eigenvalue weighted by molar-refractivity contribution is 7.02. The standard InChI is InChI=1S/C30H48B.C16H36N/c1-5-7-9-11-13-15-25-31(26-16-14-12-10-8-6-2,29-21-17-27(3)18-22-29)30-23-19-28(4)20-24-30;1-5-9-13-17(14-10-6-2,15-11-7-3)16-12-8-4/h17-24H,5-16,25-26H2,1-4H3;5-16H2,1-4H3/q-1;+1. The van der Waals surface area contributed by atoms with Crippen LogP contribution < -0.4 is 10.9 Å². The van der Waals surface area contributed by atoms with Crippen LogP contribution in [0.4, 0.5) is 0 Å². The average Bonchev–Trinajstić information content (AvgIpc) is 3.11. The van der Waals surface area contributed by atoms with Gasteiger partial charge in [-0.25, -0.2) is 10.9 Å². The molecule has 0 atom stereocenters. The van der Waals surface area contributed by atoms with E-state index in [-0.39, 0.29) is 0 Å². The predicted octanol–water partition coefficient (Wildman–Crippen LogP) is 13.6. The largest absolute Gasteiger partial charge is 0.324 e. The molecule has 0 spiro atoms. The first kappa shape index (κ1) is 44.5. The molecule has 48 heavy (non-hydrogen) atoms. The van der Waals surface area contributed by atoms with Crippen LogP contribution in [0.15, 0.2) is 48.5 Å². The van der Waals surface area contributed by atoms with Crippen molar-refractivity contribution in [1.29, 1.82) is 0 Å². The quantitative estimate of drug-likeness (QED) is 0.0484. The lowest BCUT2D eigenvalue weighted by atomic mass is 9.15. The molecular weight excluding hydrogens is 577 g/mol. The third kappa shape index (κ3) is 17.9. The van der Waals surface area contributed by atoms with Crippen molar-refractivity contribution >= 4 is 17.1 Å². The second kappa shape index (κ2) is 28.2. The lowest BCUT2D eigenvalue weighted by Gasteiger charge is -2.43. The Labute approximate surface area is 303 Å². The van der Waals surface area contributed by atoms with Crippen LogP contribution in [0.1, 0.15) is 181 Å². The molecule has 0 aliphatic rings. The summed E-state index contributed by atoms with van der Waals surface area (Å²) in [4.78, 5) is 0. The van der Waals surface area contributed by atoms with Crippen LogP contribution in [0, 0.1) is 13.8 Å². The van der Waals surface area contributed by atoms with Crippen molar-refractivity contribution in [3.63, 3.8) is 0 Å². The van der Waals surface area contributed by atoms with E-state index in [2.05, 4.69) is 104 Å². The molecule has 0 N–H and O–H groups in total. The van der Waals surface area contributed by atoms with Crippen LogP contribution in [0.25, 0.3) is 0 Å². The van der Waals surface area contributed by atoms with E-state index in [1.54, 1.807) is 10.9 Å². The van der Waals surface area contributed by atoms with Crippen molar-refractivity contribution in [2.24, 2.45) is 0 Å². The average molecular weight is 662 g/mol. The molecule has 0 aliphatic carbocycles. The predicted molar refractivity (Wildman–Crippen MR) is 223 cm³/mol. The second-order valence-electron chi connectivity index (χ2n) is 15.8. The van der Waals surface area contributed by atoms with E-state index in [9.17, 15) is 0 Å². The maximum atomic E-state index is 2.45. The molecule has 2 aromatic carbocycles. The molecule has 0 fully saturated rings. The summed E-state index contributed by atoms with van der Waals surface area (Å²) < 4.78 is 1.42. The zero-order valence-corrected chi connectivity index (χ0v) is 34.0. The molecule has 2 rings (SSSR count). The first-order chi connectivity index (χ1) is 23.4. The zero-order chi connectivity index (χ0) is 35.4. The Kier molecular flexibility index (Phi) is 26.1. The van der Waals surface area contributed by atoms with Crippen LogP contribution in [-0.4, -0.2) is 36.8 Å². The minimum atomic E-state index is -0.689. The summed E-state index contributed by atoms with van der Waals surface area (Å²) >= 11 is 0. The number of hydrogen-bond donors (Lipinski definition) is 0. The fourth-order valence-corrected chi connectivity index (χ4v) is 8.06. The van der Waals surface area contributed by atoms with Crippen LogP contribution in [-0.2, 0) is 0 Å². The van der Waals surface area contributed by atoms with Gasteiger partial charge in [0.15, 0.2) is 0 Å². The van der Waals surface area contributed by atoms with E-state index < -0.39 is 6.15 Å². The molecule has 2 heteroatoms. The molecule has 0 aromatic heterocycles. The number of hydrogen-bond acceptors (Lipinski definition) is 0. The van der Waals surface area contributed by atoms with Gasteiger partial charge >= 0.3 is 0 Å². The van der Waals surface area contributed by atoms with E-state index in [0.717, 1.165) is 0 Å². The fraction of sp³-hybridized carbons (Fsp3) is 0.739. The Bertz CT molecular complexity index is 877. The highest BCUT2D eigenvalue weighted by atomic mass is 15.3. The van der Waals surface area contributed by atoms with Gasteiger partial charge in [0.2, 0.25) is 0 Å². The van der Waals surface area contributed by atoms with Crippen LogP contribution in [0.2, 0.25) is 12.6 Å². The summed E-state index contributed by atoms with van der Waals surface area (Å²) in [6.07, 6.45) is 29.6. The number of rotatable bonds is 28. The molecule has 1 nitrogen and oxygen atoms in total. The summed E-state index contributed by atoms with van der Waals surface area (Å²) in [7, 11) is 0. The lowest BCUT2D eigenvalue weighted by molar-refractivity contribution is -0.929. The van der Waals surface area contributed by atoms with E-state index >= 15 is 0 Å². The van der Waals surface area contributed by atoms with Gasteiger partial charge in [0.25, 0.3) is 0 Å². The molecule has 276 valence electrons. The molecule has 0 bridgehead atoms. The lowest BCUT2D eigenvalue weighted by Crippen LogP contribution is -2.58. The highest BCUT2D eigenvalue weighted by Crippen LogP contribution is 2.25. The second-order valence-corrected chi connectivity index (χ2v) is 15.8. The Morgan fingerprint density at radius 2 is 0.625 bits per heavy atom. The maximum Gasteiger partial charge on any atom is 0.0786 e. The minimum Gasteiger partial charge on any atom is -0.324 e. The van der Waals surface area contributed by atoms with Crippen LogP contribution >= 0.6 is 0 Å². The van der Waals surface area contributed by atoms with E-state index in [1.165, 1.54) is 183 Å². The van der Waals surface area contributed by atoms with E-state index in [0.29, 0.717) is 0 Å². The number of quaternary nitrogens is 1. The first-order valence-corrected chi connectivity index (χ1v) is 21.5. The molecule has 2 aromatic rings. The summed E-state index contributed by atoms with van der Waals surface area (Å²) in [5, 5.41) is 0. The van der Waals surface area contributed by atoms with Gasteiger partial charge in [-0.15, -0.1) is 0 Å². The van der Waals surface area contributed by atoms with Crippen molar-refractivity contribution in [2.75, 3.05) is 26.2 Å². The molecule has 0 unspecified atom stereocenters. The third-order valence-corrected chi connectivity index (χ3v) is 11.5. The van der Waals surface area contributed by atoms with Gasteiger partial charge in [0.05, 0.1) is 32.3 Å². The van der Waals surface area contributed by atoms with Crippen molar-refractivity contribution in [1.82, 2.24) is 0 Å². The van der Waals surface area contributed by atoms with E-state index in [1.807, 2.05) is 0 Å². The Morgan fingerprint density at radius 1 is 0.354 bits per heavy atom. The molecular formula is C46H84BN. The Hall–Kier alpha value is -1.54. The summed E-state index contributed by atoms with van der Waals surface area (Å²) in [5.41, 5.74) is 5.93. The molecule has 0 saturated carbocycles. The minimum absolute atomic E-state index is 0.689. The smallest absolute Gasteiger partial charge is 0.0786 e. The van der Waals surface area contributed by atoms with Gasteiger partial charge in [-0.05, 0) is 39.5 Å². The maximum absolute atomic E-state index is 2.45. The number of aryl methyl sites for hydroxylation is 2. The topological polar surface area (TPSA) is 0 Å². The number of benzene rings is 2. The van der Waals surface area contributed by atoms with Gasteiger partial charge in [0.1, 0.15) is 0 Å². The van der Waals surface area contributed by atoms with Gasteiger partial charge < -0.3 is 4.48 Å². The van der Waals surface area contributed by atoms with Gasteiger partial charge in [-0.3, -0.25) is 0 Å². The number of nitrogens with zero attached hydrogens (tertiary/aromatic N) is 1. The Balaban J connectivity index is 0.000000576. The normalized spacial score (nSPS) is 11.8. The summed E-state index contributed by atoms with van der Waals surface area (Å²) in [5.74, 6) is 0. The molecule has 0 saturated heterocycles. The summed E-state index contributed by atoms with van der Waals surface area (Å²) in [6, 6.07) is 19.1. The molecule has 0 radical (unpaired) electrons. The summed E-state index contributed by atoms with van der Waals surface area (Å²) in [6.45, 7) is 24.1. The zero-order valence-electron chi connectivity index (χ0n) is 34.0. The van der Waals surface area contributed by atoms with Crippen molar-refractivity contribution in [3.05, 3.63) is 59.7 Å². The van der Waals surface area contributed by atoms with Gasteiger partial charge in [-0.1, -0.05) is 204 Å². The molecule has 0 aliphatic heterocycles.